The number of nitrogens with zero attached hydrogens (tertiary/aromatic N) is 3. The van der Waals surface area contributed by atoms with Crippen molar-refractivity contribution in [2.75, 3.05) is 18.2 Å². The number of aliphatic hydroxyl groups excluding tert-OH is 1. The number of pyridine rings is 1. The van der Waals surface area contributed by atoms with Crippen LogP contribution in [-0.4, -0.2) is 53.0 Å². The molecule has 0 radical (unpaired) electrons. The lowest BCUT2D eigenvalue weighted by Crippen LogP contribution is -2.39. The lowest BCUT2D eigenvalue weighted by molar-refractivity contribution is 0.280. The largest absolute Gasteiger partial charge is 0.396 e. The van der Waals surface area contributed by atoms with Gasteiger partial charge in [-0.05, 0) is 38.2 Å². The van der Waals surface area contributed by atoms with Crippen LogP contribution in [0.5, 0.6) is 0 Å². The third-order valence-electron chi connectivity index (χ3n) is 4.70. The highest BCUT2D eigenvalue weighted by atomic mass is 32.2. The summed E-state index contributed by atoms with van der Waals surface area (Å²) in [6, 6.07) is 3.30. The molecule has 9 nitrogen and oxygen atoms in total. The normalized spacial score (nSPS) is 20.7. The first-order valence-corrected chi connectivity index (χ1v) is 11.0. The molecule has 3 rings (SSSR count). The van der Waals surface area contributed by atoms with Crippen molar-refractivity contribution in [2.24, 2.45) is 0 Å². The van der Waals surface area contributed by atoms with Gasteiger partial charge in [0.15, 0.2) is 0 Å². The van der Waals surface area contributed by atoms with E-state index in [9.17, 15) is 13.2 Å². The molecule has 2 heterocycles. The number of aliphatic hydroxyl groups is 1. The second-order valence-electron chi connectivity index (χ2n) is 6.96. The molecule has 2 aromatic rings. The molecule has 1 saturated carbocycles. The van der Waals surface area contributed by atoms with Gasteiger partial charge < -0.3 is 10.4 Å². The van der Waals surface area contributed by atoms with Crippen molar-refractivity contribution in [1.29, 1.82) is 0 Å². The van der Waals surface area contributed by atoms with Crippen molar-refractivity contribution in [3.63, 3.8) is 0 Å². The van der Waals surface area contributed by atoms with Crippen LogP contribution in [0.25, 0.3) is 11.0 Å². The van der Waals surface area contributed by atoms with Crippen molar-refractivity contribution in [3.8, 4) is 0 Å². The van der Waals surface area contributed by atoms with Crippen molar-refractivity contribution < 1.29 is 13.5 Å². The Kier molecular flexibility index (Phi) is 6.08. The summed E-state index contributed by atoms with van der Waals surface area (Å²) in [4.78, 5) is 21.0. The average molecular weight is 395 g/mol. The van der Waals surface area contributed by atoms with Crippen molar-refractivity contribution in [3.05, 3.63) is 28.7 Å². The Balaban J connectivity index is 1.72. The van der Waals surface area contributed by atoms with E-state index in [2.05, 4.69) is 20.0 Å². The molecule has 0 amide bonds. The van der Waals surface area contributed by atoms with E-state index < -0.39 is 10.0 Å². The number of rotatable bonds is 7. The van der Waals surface area contributed by atoms with Crippen LogP contribution < -0.4 is 15.6 Å². The van der Waals surface area contributed by atoms with Crippen LogP contribution in [0.2, 0.25) is 0 Å². The smallest absolute Gasteiger partial charge is 0.252 e. The van der Waals surface area contributed by atoms with Gasteiger partial charge >= 0.3 is 0 Å². The summed E-state index contributed by atoms with van der Waals surface area (Å²) in [5, 5.41) is 13.1. The highest BCUT2D eigenvalue weighted by Crippen LogP contribution is 2.22. The zero-order chi connectivity index (χ0) is 19.4. The minimum Gasteiger partial charge on any atom is -0.396 e. The molecule has 27 heavy (non-hydrogen) atoms. The highest BCUT2D eigenvalue weighted by molar-refractivity contribution is 7.88. The van der Waals surface area contributed by atoms with Gasteiger partial charge in [-0.1, -0.05) is 0 Å². The van der Waals surface area contributed by atoms with Gasteiger partial charge in [0, 0.05) is 42.9 Å². The van der Waals surface area contributed by atoms with Crippen molar-refractivity contribution in [1.82, 2.24) is 19.3 Å². The zero-order valence-corrected chi connectivity index (χ0v) is 16.1. The van der Waals surface area contributed by atoms with Gasteiger partial charge in [0.25, 0.3) is 5.56 Å². The number of fused-ring (bicyclic) bond motifs is 1. The number of sulfonamides is 1. The summed E-state index contributed by atoms with van der Waals surface area (Å²) in [6.07, 6.45) is 6.44. The van der Waals surface area contributed by atoms with E-state index in [0.717, 1.165) is 31.1 Å². The molecule has 1 aliphatic carbocycles. The van der Waals surface area contributed by atoms with Gasteiger partial charge in [0.1, 0.15) is 5.65 Å². The summed E-state index contributed by atoms with van der Waals surface area (Å²) in [7, 11) is -3.19. The molecular formula is C17H25N5O4S. The molecule has 0 spiro atoms. The lowest BCUT2D eigenvalue weighted by Gasteiger charge is -2.29. The quantitative estimate of drug-likeness (QED) is 0.621. The molecule has 0 unspecified atom stereocenters. The van der Waals surface area contributed by atoms with Crippen LogP contribution >= 0.6 is 0 Å². The Morgan fingerprint density at radius 1 is 1.22 bits per heavy atom. The SMILES string of the molecule is CS(=O)(=O)N[C@H]1CC[C@H](Nc2ncc3ccc(=O)n(CCCO)c3n2)CC1. The fourth-order valence-electron chi connectivity index (χ4n) is 3.43. The monoisotopic (exact) mass is 395 g/mol. The van der Waals surface area contributed by atoms with Crippen molar-refractivity contribution in [2.45, 2.75) is 50.7 Å². The standard InChI is InChI=1S/C17H25N5O4S/c1-27(25,26)21-14-6-4-13(5-7-14)19-17-18-11-12-3-8-15(24)22(9-2-10-23)16(12)20-17/h3,8,11,13-14,21,23H,2,4-7,9-10H2,1H3,(H,18,19,20)/t13-,14-. The molecule has 0 aliphatic heterocycles. The van der Waals surface area contributed by atoms with E-state index >= 15 is 0 Å². The molecule has 0 saturated heterocycles. The molecule has 2 aromatic heterocycles. The number of aryl methyl sites for hydroxylation is 1. The van der Waals surface area contributed by atoms with E-state index in [-0.39, 0.29) is 24.2 Å². The number of anilines is 1. The molecule has 3 N–H and O–H groups in total. The van der Waals surface area contributed by atoms with Crippen LogP contribution in [0.4, 0.5) is 5.95 Å². The molecule has 10 heteroatoms. The first-order valence-electron chi connectivity index (χ1n) is 9.07. The van der Waals surface area contributed by atoms with E-state index in [1.165, 1.54) is 12.3 Å². The number of aromatic nitrogens is 3. The van der Waals surface area contributed by atoms with Crippen LogP contribution in [-0.2, 0) is 16.6 Å². The third kappa shape index (κ3) is 5.24. The van der Waals surface area contributed by atoms with E-state index in [0.29, 0.717) is 24.6 Å². The van der Waals surface area contributed by atoms with Crippen LogP contribution in [0.1, 0.15) is 32.1 Å². The number of nitrogens with one attached hydrogen (secondary N) is 2. The highest BCUT2D eigenvalue weighted by Gasteiger charge is 2.23. The Labute approximate surface area is 157 Å². The number of hydrogen-bond donors (Lipinski definition) is 3. The van der Waals surface area contributed by atoms with Gasteiger partial charge in [-0.25, -0.2) is 18.1 Å². The van der Waals surface area contributed by atoms with Crippen LogP contribution in [0.3, 0.4) is 0 Å². The molecule has 1 aliphatic rings. The van der Waals surface area contributed by atoms with Gasteiger partial charge in [-0.15, -0.1) is 0 Å². The molecule has 1 fully saturated rings. The molecular weight excluding hydrogens is 370 g/mol. The van der Waals surface area contributed by atoms with E-state index in [1.807, 2.05) is 0 Å². The Morgan fingerprint density at radius 2 is 1.93 bits per heavy atom. The van der Waals surface area contributed by atoms with Crippen LogP contribution in [0, 0.1) is 0 Å². The minimum atomic E-state index is -3.19. The Hall–Kier alpha value is -2.04. The Morgan fingerprint density at radius 3 is 2.59 bits per heavy atom. The molecule has 0 bridgehead atoms. The predicted molar refractivity (Wildman–Crippen MR) is 103 cm³/mol. The maximum Gasteiger partial charge on any atom is 0.252 e. The van der Waals surface area contributed by atoms with E-state index in [4.69, 9.17) is 5.11 Å². The first-order chi connectivity index (χ1) is 12.9. The van der Waals surface area contributed by atoms with Crippen molar-refractivity contribution >= 4 is 27.0 Å². The molecule has 0 aromatic carbocycles. The van der Waals surface area contributed by atoms with Crippen LogP contribution in [0.15, 0.2) is 23.1 Å². The summed E-state index contributed by atoms with van der Waals surface area (Å²) in [5.74, 6) is 0.449. The topological polar surface area (TPSA) is 126 Å². The van der Waals surface area contributed by atoms with Gasteiger partial charge in [0.2, 0.25) is 16.0 Å². The minimum absolute atomic E-state index is 0.00374. The summed E-state index contributed by atoms with van der Waals surface area (Å²) in [6.45, 7) is 0.398. The first kappa shape index (κ1) is 19.7. The lowest BCUT2D eigenvalue weighted by atomic mass is 9.92. The number of hydrogen-bond acceptors (Lipinski definition) is 7. The maximum atomic E-state index is 12.1. The summed E-state index contributed by atoms with van der Waals surface area (Å²) >= 11 is 0. The maximum absolute atomic E-state index is 12.1. The fourth-order valence-corrected chi connectivity index (χ4v) is 4.27. The molecule has 148 valence electrons. The molecule has 0 atom stereocenters. The Bertz CT molecular complexity index is 951. The second kappa shape index (κ2) is 8.32. The third-order valence-corrected chi connectivity index (χ3v) is 5.47. The summed E-state index contributed by atoms with van der Waals surface area (Å²) in [5.41, 5.74) is 0.383. The van der Waals surface area contributed by atoms with Gasteiger partial charge in [-0.2, -0.15) is 4.98 Å². The van der Waals surface area contributed by atoms with Gasteiger partial charge in [0.05, 0.1) is 6.26 Å². The summed E-state index contributed by atoms with van der Waals surface area (Å²) < 4.78 is 26.9. The fraction of sp³-hybridized carbons (Fsp3) is 0.588. The average Bonchev–Trinajstić information content (AvgIpc) is 2.61. The second-order valence-corrected chi connectivity index (χ2v) is 8.74. The predicted octanol–water partition coefficient (Wildman–Crippen LogP) is 0.446. The zero-order valence-electron chi connectivity index (χ0n) is 15.3. The van der Waals surface area contributed by atoms with E-state index in [1.54, 1.807) is 16.8 Å². The van der Waals surface area contributed by atoms with Gasteiger partial charge in [-0.3, -0.25) is 9.36 Å².